The van der Waals surface area contributed by atoms with E-state index in [0.29, 0.717) is 34.1 Å². The number of thioether (sulfide) groups is 1. The molecule has 38 heavy (non-hydrogen) atoms. The Balaban J connectivity index is 1.67. The van der Waals surface area contributed by atoms with E-state index in [2.05, 4.69) is 15.6 Å². The fraction of sp³-hybridized carbons (Fsp3) is 0.111. The van der Waals surface area contributed by atoms with Gasteiger partial charge in [-0.15, -0.1) is 0 Å². The van der Waals surface area contributed by atoms with Crippen molar-refractivity contribution in [3.8, 4) is 17.6 Å². The molecule has 1 aliphatic heterocycles. The van der Waals surface area contributed by atoms with Crippen molar-refractivity contribution in [2.75, 3.05) is 24.9 Å². The summed E-state index contributed by atoms with van der Waals surface area (Å²) in [5.74, 6) is -0.638. The molecule has 1 atom stereocenters. The van der Waals surface area contributed by atoms with E-state index in [1.54, 1.807) is 36.4 Å². The van der Waals surface area contributed by atoms with Crippen LogP contribution in [0.4, 0.5) is 21.5 Å². The number of carbonyl (C=O) groups excluding carboxylic acids is 2. The highest BCUT2D eigenvalue weighted by molar-refractivity contribution is 8.16. The zero-order valence-corrected chi connectivity index (χ0v) is 21.1. The molecule has 0 aromatic heterocycles. The first-order valence-corrected chi connectivity index (χ1v) is 12.1. The molecule has 0 saturated carbocycles. The Morgan fingerprint density at radius 1 is 1.00 bits per heavy atom. The molecule has 11 heteroatoms. The summed E-state index contributed by atoms with van der Waals surface area (Å²) in [5.41, 5.74) is 7.93. The first-order chi connectivity index (χ1) is 18.3. The van der Waals surface area contributed by atoms with E-state index < -0.39 is 22.9 Å². The second kappa shape index (κ2) is 11.5. The smallest absolute Gasteiger partial charge is 0.260 e. The standard InChI is InChI=1S/C27H22FN5O4S/c1-36-20-11-10-19(13-21(20)37-2)31-25(34)22-23(30)24(26(35)32-18-5-3-4-15(12-18)14-29)38-27(22)33-17-8-6-16(28)7-9-17/h3-13,24H,30H2,1-2H3,(H,31,34)(H,32,35)/t24-/m0/s1. The van der Waals surface area contributed by atoms with E-state index in [1.165, 1.54) is 44.6 Å². The summed E-state index contributed by atoms with van der Waals surface area (Å²) in [4.78, 5) is 31.0. The molecule has 4 rings (SSSR count). The van der Waals surface area contributed by atoms with Gasteiger partial charge in [-0.1, -0.05) is 17.8 Å². The molecule has 1 heterocycles. The van der Waals surface area contributed by atoms with Crippen LogP contribution in [0.2, 0.25) is 0 Å². The second-order valence-electron chi connectivity index (χ2n) is 7.93. The fourth-order valence-corrected chi connectivity index (χ4v) is 4.73. The van der Waals surface area contributed by atoms with Crippen molar-refractivity contribution in [1.29, 1.82) is 5.26 Å². The maximum Gasteiger partial charge on any atom is 0.260 e. The molecule has 0 fully saturated rings. The number of methoxy groups -OCH3 is 2. The van der Waals surface area contributed by atoms with Crippen LogP contribution in [0.25, 0.3) is 0 Å². The van der Waals surface area contributed by atoms with Crippen molar-refractivity contribution >= 4 is 45.7 Å². The van der Waals surface area contributed by atoms with Gasteiger partial charge >= 0.3 is 0 Å². The SMILES string of the molecule is COc1ccc(NC(=O)C2=C(N)[C@@H](C(=O)Nc3cccc(C#N)c3)SC2=Nc2ccc(F)cc2)cc1OC. The number of amides is 2. The number of nitrogens with zero attached hydrogens (tertiary/aromatic N) is 2. The summed E-state index contributed by atoms with van der Waals surface area (Å²) >= 11 is 0.990. The summed E-state index contributed by atoms with van der Waals surface area (Å²) in [6.07, 6.45) is 0. The average Bonchev–Trinajstić information content (AvgIpc) is 3.25. The van der Waals surface area contributed by atoms with E-state index in [0.717, 1.165) is 11.8 Å². The Kier molecular flexibility index (Phi) is 7.94. The molecule has 3 aromatic carbocycles. The van der Waals surface area contributed by atoms with E-state index >= 15 is 0 Å². The predicted molar refractivity (Wildman–Crippen MR) is 144 cm³/mol. The molecule has 2 amide bonds. The number of rotatable bonds is 7. The maximum absolute atomic E-state index is 13.4. The average molecular weight is 532 g/mol. The summed E-state index contributed by atoms with van der Waals surface area (Å²) in [6.45, 7) is 0. The second-order valence-corrected chi connectivity index (χ2v) is 9.02. The maximum atomic E-state index is 13.4. The van der Waals surface area contributed by atoms with Crippen molar-refractivity contribution < 1.29 is 23.5 Å². The summed E-state index contributed by atoms with van der Waals surface area (Å²) in [6, 6.07) is 18.6. The molecule has 0 bridgehead atoms. The van der Waals surface area contributed by atoms with E-state index in [1.807, 2.05) is 6.07 Å². The third kappa shape index (κ3) is 5.77. The Hall–Kier alpha value is -4.82. The van der Waals surface area contributed by atoms with Gasteiger partial charge in [0.2, 0.25) is 5.91 Å². The molecular formula is C27H22FN5O4S. The lowest BCUT2D eigenvalue weighted by Gasteiger charge is -2.12. The third-order valence-electron chi connectivity index (χ3n) is 5.44. The van der Waals surface area contributed by atoms with Crippen molar-refractivity contribution in [3.63, 3.8) is 0 Å². The van der Waals surface area contributed by atoms with Gasteiger partial charge in [0.25, 0.3) is 5.91 Å². The number of nitrogens with two attached hydrogens (primary N) is 1. The van der Waals surface area contributed by atoms with Crippen LogP contribution in [0.3, 0.4) is 0 Å². The number of benzene rings is 3. The monoisotopic (exact) mass is 531 g/mol. The van der Waals surface area contributed by atoms with Crippen LogP contribution in [0.15, 0.2) is 83.0 Å². The van der Waals surface area contributed by atoms with Gasteiger partial charge in [0, 0.05) is 23.1 Å². The quantitative estimate of drug-likeness (QED) is 0.412. The molecule has 3 aromatic rings. The zero-order chi connectivity index (χ0) is 27.2. The molecular weight excluding hydrogens is 509 g/mol. The molecule has 9 nitrogen and oxygen atoms in total. The van der Waals surface area contributed by atoms with Crippen LogP contribution in [0, 0.1) is 17.1 Å². The van der Waals surface area contributed by atoms with Gasteiger partial charge in [-0.05, 0) is 54.6 Å². The molecule has 0 aliphatic carbocycles. The van der Waals surface area contributed by atoms with Crippen molar-refractivity contribution in [2.24, 2.45) is 10.7 Å². The van der Waals surface area contributed by atoms with E-state index in [-0.39, 0.29) is 16.3 Å². The predicted octanol–water partition coefficient (Wildman–Crippen LogP) is 4.35. The summed E-state index contributed by atoms with van der Waals surface area (Å²) in [7, 11) is 2.97. The topological polar surface area (TPSA) is 139 Å². The molecule has 1 aliphatic rings. The lowest BCUT2D eigenvalue weighted by Crippen LogP contribution is -2.29. The lowest BCUT2D eigenvalue weighted by molar-refractivity contribution is -0.115. The minimum Gasteiger partial charge on any atom is -0.493 e. The van der Waals surface area contributed by atoms with Gasteiger partial charge in [0.15, 0.2) is 11.5 Å². The Morgan fingerprint density at radius 2 is 1.71 bits per heavy atom. The number of ether oxygens (including phenoxy) is 2. The van der Waals surface area contributed by atoms with E-state index in [4.69, 9.17) is 20.5 Å². The number of anilines is 2. The Bertz CT molecular complexity index is 1500. The van der Waals surface area contributed by atoms with Gasteiger partial charge in [-0.25, -0.2) is 9.38 Å². The summed E-state index contributed by atoms with van der Waals surface area (Å²) < 4.78 is 23.9. The normalized spacial score (nSPS) is 15.6. The molecule has 4 N–H and O–H groups in total. The van der Waals surface area contributed by atoms with Gasteiger partial charge in [0.05, 0.1) is 37.1 Å². The van der Waals surface area contributed by atoms with Crippen LogP contribution in [0.5, 0.6) is 11.5 Å². The third-order valence-corrected chi connectivity index (χ3v) is 6.66. The largest absolute Gasteiger partial charge is 0.493 e. The number of nitriles is 1. The minimum absolute atomic E-state index is 0.00257. The number of carbonyl (C=O) groups is 2. The van der Waals surface area contributed by atoms with Crippen LogP contribution in [0.1, 0.15) is 5.56 Å². The molecule has 0 spiro atoms. The number of hydrogen-bond acceptors (Lipinski definition) is 8. The fourth-order valence-electron chi connectivity index (χ4n) is 3.61. The first-order valence-electron chi connectivity index (χ1n) is 11.2. The van der Waals surface area contributed by atoms with Gasteiger partial charge < -0.3 is 25.8 Å². The van der Waals surface area contributed by atoms with Gasteiger partial charge in [0.1, 0.15) is 16.1 Å². The Morgan fingerprint density at radius 3 is 2.39 bits per heavy atom. The van der Waals surface area contributed by atoms with Gasteiger partial charge in [-0.2, -0.15) is 5.26 Å². The summed E-state index contributed by atoms with van der Waals surface area (Å²) in [5, 5.41) is 13.8. The van der Waals surface area contributed by atoms with Crippen LogP contribution < -0.4 is 25.8 Å². The zero-order valence-electron chi connectivity index (χ0n) is 20.3. The highest BCUT2D eigenvalue weighted by Gasteiger charge is 2.38. The van der Waals surface area contributed by atoms with Crippen LogP contribution in [-0.2, 0) is 9.59 Å². The lowest BCUT2D eigenvalue weighted by atomic mass is 10.1. The Labute approximate surface area is 222 Å². The minimum atomic E-state index is -0.980. The van der Waals surface area contributed by atoms with Gasteiger partial charge in [-0.3, -0.25) is 9.59 Å². The van der Waals surface area contributed by atoms with Crippen molar-refractivity contribution in [1.82, 2.24) is 0 Å². The number of halogens is 1. The molecule has 0 unspecified atom stereocenters. The van der Waals surface area contributed by atoms with Crippen molar-refractivity contribution in [3.05, 3.63) is 89.4 Å². The number of nitrogens with one attached hydrogen (secondary N) is 2. The van der Waals surface area contributed by atoms with E-state index in [9.17, 15) is 14.0 Å². The highest BCUT2D eigenvalue weighted by atomic mass is 32.2. The number of aliphatic imine (C=N–C) groups is 1. The first kappa shape index (κ1) is 26.2. The van der Waals surface area contributed by atoms with Crippen LogP contribution in [-0.4, -0.2) is 36.3 Å². The van der Waals surface area contributed by atoms with Crippen LogP contribution >= 0.6 is 11.8 Å². The molecule has 0 saturated heterocycles. The molecule has 192 valence electrons. The highest BCUT2D eigenvalue weighted by Crippen LogP contribution is 2.36. The number of hydrogen-bond donors (Lipinski definition) is 3. The van der Waals surface area contributed by atoms with Crippen molar-refractivity contribution in [2.45, 2.75) is 5.25 Å². The molecule has 0 radical (unpaired) electrons.